The minimum absolute atomic E-state index is 0.171. The predicted octanol–water partition coefficient (Wildman–Crippen LogP) is 3.00. The highest BCUT2D eigenvalue weighted by molar-refractivity contribution is 7.86. The van der Waals surface area contributed by atoms with E-state index >= 15 is 0 Å². The second-order valence-corrected chi connectivity index (χ2v) is 10.2. The van der Waals surface area contributed by atoms with Gasteiger partial charge >= 0.3 is 0 Å². The molecule has 2 unspecified atom stereocenters. The standard InChI is InChI=1S/C21H38N4OS/c1-7-22-20(24-15-16-27(26)21(3,4)5)23-14-13-18(2)25(6)17-19-11-9-8-10-12-19/h8-12,18H,7,13-17H2,1-6H3,(H2,22,23,24). The Morgan fingerprint density at radius 2 is 1.89 bits per heavy atom. The van der Waals surface area contributed by atoms with Gasteiger partial charge in [0.2, 0.25) is 0 Å². The van der Waals surface area contributed by atoms with Crippen LogP contribution in [0.4, 0.5) is 0 Å². The van der Waals surface area contributed by atoms with Crippen LogP contribution in [0.25, 0.3) is 0 Å². The van der Waals surface area contributed by atoms with Gasteiger partial charge in [-0.3, -0.25) is 14.1 Å². The third-order valence-electron chi connectivity index (χ3n) is 4.45. The van der Waals surface area contributed by atoms with Gasteiger partial charge in [-0.25, -0.2) is 0 Å². The lowest BCUT2D eigenvalue weighted by molar-refractivity contribution is 0.240. The van der Waals surface area contributed by atoms with Gasteiger partial charge in [-0.1, -0.05) is 30.3 Å². The Kier molecular flexibility index (Phi) is 10.6. The molecule has 27 heavy (non-hydrogen) atoms. The minimum Gasteiger partial charge on any atom is -0.357 e. The molecular weight excluding hydrogens is 356 g/mol. The first kappa shape index (κ1) is 23.6. The van der Waals surface area contributed by atoms with Gasteiger partial charge in [0.05, 0.1) is 0 Å². The van der Waals surface area contributed by atoms with Crippen molar-refractivity contribution in [3.05, 3.63) is 35.9 Å². The van der Waals surface area contributed by atoms with E-state index in [1.807, 2.05) is 26.8 Å². The van der Waals surface area contributed by atoms with Gasteiger partial charge in [-0.05, 0) is 53.7 Å². The van der Waals surface area contributed by atoms with Crippen LogP contribution in [-0.4, -0.2) is 58.3 Å². The molecule has 154 valence electrons. The Balaban J connectivity index is 2.41. The Labute approximate surface area is 168 Å². The zero-order valence-electron chi connectivity index (χ0n) is 17.9. The maximum Gasteiger partial charge on any atom is 0.191 e. The maximum atomic E-state index is 12.1. The zero-order valence-corrected chi connectivity index (χ0v) is 18.7. The zero-order chi connectivity index (χ0) is 20.3. The van der Waals surface area contributed by atoms with E-state index in [9.17, 15) is 4.21 Å². The van der Waals surface area contributed by atoms with E-state index in [4.69, 9.17) is 0 Å². The van der Waals surface area contributed by atoms with Crippen LogP contribution in [0.15, 0.2) is 35.3 Å². The molecule has 2 atom stereocenters. The number of hydrogen-bond acceptors (Lipinski definition) is 3. The van der Waals surface area contributed by atoms with Gasteiger partial charge in [-0.2, -0.15) is 0 Å². The SMILES string of the molecule is CCNC(=NCCC(C)N(C)Cc1ccccc1)NCCS(=O)C(C)(C)C. The van der Waals surface area contributed by atoms with E-state index < -0.39 is 10.8 Å². The summed E-state index contributed by atoms with van der Waals surface area (Å²) < 4.78 is 12.0. The average molecular weight is 395 g/mol. The Hall–Kier alpha value is -1.40. The van der Waals surface area contributed by atoms with E-state index in [0.717, 1.165) is 32.0 Å². The minimum atomic E-state index is -0.848. The van der Waals surface area contributed by atoms with E-state index in [2.05, 4.69) is 65.7 Å². The molecule has 0 aliphatic rings. The van der Waals surface area contributed by atoms with Gasteiger partial charge in [0.15, 0.2) is 5.96 Å². The molecule has 0 saturated heterocycles. The van der Waals surface area contributed by atoms with E-state index in [1.165, 1.54) is 5.56 Å². The van der Waals surface area contributed by atoms with Crippen molar-refractivity contribution in [2.75, 3.05) is 32.4 Å². The number of hydrogen-bond donors (Lipinski definition) is 2. The van der Waals surface area contributed by atoms with Gasteiger partial charge in [-0.15, -0.1) is 0 Å². The Bertz CT molecular complexity index is 584. The van der Waals surface area contributed by atoms with Gasteiger partial charge in [0.25, 0.3) is 0 Å². The Morgan fingerprint density at radius 3 is 2.48 bits per heavy atom. The topological polar surface area (TPSA) is 56.7 Å². The van der Waals surface area contributed by atoms with Crippen LogP contribution >= 0.6 is 0 Å². The molecule has 0 amide bonds. The van der Waals surface area contributed by atoms with E-state index in [0.29, 0.717) is 18.3 Å². The van der Waals surface area contributed by atoms with Crippen molar-refractivity contribution in [1.29, 1.82) is 0 Å². The largest absolute Gasteiger partial charge is 0.357 e. The molecule has 0 fully saturated rings. The van der Waals surface area contributed by atoms with Crippen molar-refractivity contribution in [3.8, 4) is 0 Å². The fraction of sp³-hybridized carbons (Fsp3) is 0.667. The molecule has 0 bridgehead atoms. The third kappa shape index (κ3) is 9.91. The van der Waals surface area contributed by atoms with Crippen LogP contribution in [0.1, 0.15) is 46.6 Å². The van der Waals surface area contributed by atoms with Crippen molar-refractivity contribution in [2.24, 2.45) is 4.99 Å². The summed E-state index contributed by atoms with van der Waals surface area (Å²) in [5, 5.41) is 6.56. The molecule has 1 aromatic rings. The fourth-order valence-corrected chi connectivity index (χ4v) is 3.42. The van der Waals surface area contributed by atoms with Crippen LogP contribution in [0.2, 0.25) is 0 Å². The molecule has 5 nitrogen and oxygen atoms in total. The van der Waals surface area contributed by atoms with Crippen molar-refractivity contribution in [2.45, 2.75) is 58.4 Å². The van der Waals surface area contributed by atoms with Gasteiger partial charge in [0, 0.05) is 53.5 Å². The first-order valence-electron chi connectivity index (χ1n) is 9.88. The molecule has 6 heteroatoms. The highest BCUT2D eigenvalue weighted by Gasteiger charge is 2.18. The lowest BCUT2D eigenvalue weighted by atomic mass is 10.1. The lowest BCUT2D eigenvalue weighted by Gasteiger charge is -2.24. The first-order valence-corrected chi connectivity index (χ1v) is 11.2. The van der Waals surface area contributed by atoms with Crippen LogP contribution in [0, 0.1) is 0 Å². The van der Waals surface area contributed by atoms with Crippen molar-refractivity contribution >= 4 is 16.8 Å². The summed E-state index contributed by atoms with van der Waals surface area (Å²) in [5.74, 6) is 1.44. The molecular formula is C21H38N4OS. The van der Waals surface area contributed by atoms with Crippen molar-refractivity contribution in [3.63, 3.8) is 0 Å². The maximum absolute atomic E-state index is 12.1. The van der Waals surface area contributed by atoms with Crippen LogP contribution < -0.4 is 10.6 Å². The summed E-state index contributed by atoms with van der Waals surface area (Å²) in [6, 6.07) is 11.0. The molecule has 2 N–H and O–H groups in total. The Morgan fingerprint density at radius 1 is 1.22 bits per heavy atom. The number of benzene rings is 1. The smallest absolute Gasteiger partial charge is 0.191 e. The summed E-state index contributed by atoms with van der Waals surface area (Å²) >= 11 is 0. The molecule has 0 heterocycles. The number of guanidine groups is 1. The highest BCUT2D eigenvalue weighted by Crippen LogP contribution is 2.10. The van der Waals surface area contributed by atoms with E-state index in [-0.39, 0.29) is 4.75 Å². The molecule has 0 spiro atoms. The van der Waals surface area contributed by atoms with Crippen LogP contribution in [-0.2, 0) is 17.3 Å². The molecule has 0 aromatic heterocycles. The fourth-order valence-electron chi connectivity index (χ4n) is 2.52. The van der Waals surface area contributed by atoms with Crippen molar-refractivity contribution < 1.29 is 4.21 Å². The summed E-state index contributed by atoms with van der Waals surface area (Å²) in [6.45, 7) is 13.5. The molecule has 0 aliphatic carbocycles. The number of nitrogens with zero attached hydrogens (tertiary/aromatic N) is 2. The summed E-state index contributed by atoms with van der Waals surface area (Å²) in [6.07, 6.45) is 0.994. The molecule has 0 radical (unpaired) electrons. The summed E-state index contributed by atoms with van der Waals surface area (Å²) in [7, 11) is 1.31. The summed E-state index contributed by atoms with van der Waals surface area (Å²) in [5.41, 5.74) is 1.33. The number of rotatable bonds is 10. The highest BCUT2D eigenvalue weighted by atomic mass is 32.2. The quantitative estimate of drug-likeness (QED) is 0.473. The van der Waals surface area contributed by atoms with Gasteiger partial charge in [0.1, 0.15) is 0 Å². The average Bonchev–Trinajstić information content (AvgIpc) is 2.61. The van der Waals surface area contributed by atoms with E-state index in [1.54, 1.807) is 0 Å². The predicted molar refractivity (Wildman–Crippen MR) is 119 cm³/mol. The second-order valence-electron chi connectivity index (χ2n) is 7.89. The molecule has 1 rings (SSSR count). The number of nitrogens with one attached hydrogen (secondary N) is 2. The first-order chi connectivity index (χ1) is 12.7. The van der Waals surface area contributed by atoms with Crippen LogP contribution in [0.3, 0.4) is 0 Å². The molecule has 0 saturated carbocycles. The lowest BCUT2D eigenvalue weighted by Crippen LogP contribution is -2.40. The van der Waals surface area contributed by atoms with Crippen molar-refractivity contribution in [1.82, 2.24) is 15.5 Å². The number of aliphatic imine (C=N–C) groups is 1. The third-order valence-corrected chi connectivity index (χ3v) is 6.39. The second kappa shape index (κ2) is 12.1. The van der Waals surface area contributed by atoms with Gasteiger partial charge < -0.3 is 10.6 Å². The van der Waals surface area contributed by atoms with Crippen LogP contribution in [0.5, 0.6) is 0 Å². The molecule has 1 aromatic carbocycles. The monoisotopic (exact) mass is 394 g/mol. The molecule has 0 aliphatic heterocycles. The summed E-state index contributed by atoms with van der Waals surface area (Å²) in [4.78, 5) is 7.03. The normalized spacial score (nSPS) is 14.9.